The quantitative estimate of drug-likeness (QED) is 0.849. The second kappa shape index (κ2) is 4.41. The lowest BCUT2D eigenvalue weighted by Crippen LogP contribution is -2.25. The first-order valence-electron chi connectivity index (χ1n) is 3.91. The Morgan fingerprint density at radius 2 is 2.29 bits per heavy atom. The maximum absolute atomic E-state index is 12.0. The number of hydrogen-bond acceptors (Lipinski definition) is 3. The van der Waals surface area contributed by atoms with Crippen LogP contribution in [0.25, 0.3) is 0 Å². The van der Waals surface area contributed by atoms with Gasteiger partial charge >= 0.3 is 0 Å². The summed E-state index contributed by atoms with van der Waals surface area (Å²) in [5.41, 5.74) is 5.86. The molecule has 1 rings (SSSR count). The van der Waals surface area contributed by atoms with Crippen molar-refractivity contribution in [2.75, 3.05) is 24.2 Å². The van der Waals surface area contributed by atoms with Crippen molar-refractivity contribution in [3.8, 4) is 0 Å². The van der Waals surface area contributed by atoms with E-state index in [0.717, 1.165) is 0 Å². The van der Waals surface area contributed by atoms with Crippen LogP contribution in [0.2, 0.25) is 5.02 Å². The Hall–Kier alpha value is -1.10. The lowest BCUT2D eigenvalue weighted by atomic mass is 10.3. The highest BCUT2D eigenvalue weighted by atomic mass is 35.5. The van der Waals surface area contributed by atoms with Crippen LogP contribution in [0.1, 0.15) is 0 Å². The van der Waals surface area contributed by atoms with Crippen LogP contribution >= 0.6 is 11.6 Å². The minimum atomic E-state index is -2.42. The van der Waals surface area contributed by atoms with Gasteiger partial charge in [0, 0.05) is 13.2 Å². The van der Waals surface area contributed by atoms with Gasteiger partial charge in [0.15, 0.2) is 5.82 Å². The zero-order valence-electron chi connectivity index (χ0n) is 7.54. The molecule has 78 valence electrons. The number of nitrogen functional groups attached to an aromatic ring is 1. The molecule has 0 spiro atoms. The van der Waals surface area contributed by atoms with Gasteiger partial charge in [-0.05, 0) is 6.07 Å². The fourth-order valence-electron chi connectivity index (χ4n) is 1.06. The molecule has 1 aromatic heterocycles. The second-order valence-electron chi connectivity index (χ2n) is 2.84. The normalized spacial score (nSPS) is 10.6. The van der Waals surface area contributed by atoms with E-state index in [1.54, 1.807) is 0 Å². The van der Waals surface area contributed by atoms with Gasteiger partial charge in [0.2, 0.25) is 0 Å². The third-order valence-corrected chi connectivity index (χ3v) is 1.84. The topological polar surface area (TPSA) is 42.2 Å². The summed E-state index contributed by atoms with van der Waals surface area (Å²) in [7, 11) is 1.50. The summed E-state index contributed by atoms with van der Waals surface area (Å²) >= 11 is 5.62. The summed E-state index contributed by atoms with van der Waals surface area (Å²) < 4.78 is 24.1. The molecule has 0 unspecified atom stereocenters. The van der Waals surface area contributed by atoms with Gasteiger partial charge in [0.1, 0.15) is 0 Å². The zero-order chi connectivity index (χ0) is 10.7. The molecule has 0 fully saturated rings. The van der Waals surface area contributed by atoms with Crippen molar-refractivity contribution >= 4 is 23.1 Å². The van der Waals surface area contributed by atoms with Crippen LogP contribution < -0.4 is 10.6 Å². The van der Waals surface area contributed by atoms with Gasteiger partial charge in [-0.1, -0.05) is 11.6 Å². The number of pyridine rings is 1. The lowest BCUT2D eigenvalue weighted by molar-refractivity contribution is 0.156. The molecule has 6 heteroatoms. The summed E-state index contributed by atoms with van der Waals surface area (Å²) in [6, 6.07) is 1.48. The molecule has 0 aliphatic carbocycles. The van der Waals surface area contributed by atoms with Gasteiger partial charge in [0.25, 0.3) is 6.43 Å². The molecule has 0 bridgehead atoms. The van der Waals surface area contributed by atoms with Gasteiger partial charge < -0.3 is 10.6 Å². The summed E-state index contributed by atoms with van der Waals surface area (Å²) in [4.78, 5) is 5.15. The number of nitrogens with two attached hydrogens (primary N) is 1. The Morgan fingerprint density at radius 1 is 1.64 bits per heavy atom. The third kappa shape index (κ3) is 2.70. The van der Waals surface area contributed by atoms with Crippen LogP contribution in [0.3, 0.4) is 0 Å². The van der Waals surface area contributed by atoms with Crippen molar-refractivity contribution in [2.24, 2.45) is 0 Å². The largest absolute Gasteiger partial charge is 0.396 e. The molecule has 0 aromatic carbocycles. The zero-order valence-corrected chi connectivity index (χ0v) is 8.30. The number of halogens is 3. The van der Waals surface area contributed by atoms with E-state index in [1.165, 1.54) is 24.2 Å². The molecule has 1 heterocycles. The van der Waals surface area contributed by atoms with E-state index in [0.29, 0.717) is 16.5 Å². The molecule has 2 N–H and O–H groups in total. The molecule has 14 heavy (non-hydrogen) atoms. The van der Waals surface area contributed by atoms with Crippen LogP contribution in [-0.2, 0) is 0 Å². The summed E-state index contributed by atoms with van der Waals surface area (Å²) in [5.74, 6) is 0.315. The first kappa shape index (κ1) is 11.0. The molecule has 3 nitrogen and oxygen atoms in total. The Bertz CT molecular complexity index is 319. The number of hydrogen-bond donors (Lipinski definition) is 1. The number of nitrogens with zero attached hydrogens (tertiary/aromatic N) is 2. The molecule has 0 aliphatic heterocycles. The van der Waals surface area contributed by atoms with Gasteiger partial charge in [-0.2, -0.15) is 0 Å². The van der Waals surface area contributed by atoms with Crippen molar-refractivity contribution in [1.29, 1.82) is 0 Å². The van der Waals surface area contributed by atoms with Crippen molar-refractivity contribution in [2.45, 2.75) is 6.43 Å². The number of rotatable bonds is 3. The van der Waals surface area contributed by atoms with E-state index in [4.69, 9.17) is 17.3 Å². The predicted molar refractivity (Wildman–Crippen MR) is 52.9 cm³/mol. The Labute approximate surface area is 85.5 Å². The fourth-order valence-corrected chi connectivity index (χ4v) is 1.23. The van der Waals surface area contributed by atoms with Crippen LogP contribution in [-0.4, -0.2) is 25.0 Å². The van der Waals surface area contributed by atoms with Gasteiger partial charge in [0.05, 0.1) is 17.3 Å². The van der Waals surface area contributed by atoms with Crippen LogP contribution in [0.15, 0.2) is 12.3 Å². The average molecular weight is 222 g/mol. The Balaban J connectivity index is 2.84. The maximum atomic E-state index is 12.0. The van der Waals surface area contributed by atoms with Gasteiger partial charge in [-0.25, -0.2) is 13.8 Å². The molecular formula is C8H10ClF2N3. The highest BCUT2D eigenvalue weighted by Gasteiger charge is 2.12. The Kier molecular flexibility index (Phi) is 3.46. The minimum absolute atomic E-state index is 0.292. The van der Waals surface area contributed by atoms with Crippen molar-refractivity contribution in [3.05, 3.63) is 17.3 Å². The van der Waals surface area contributed by atoms with E-state index >= 15 is 0 Å². The molecule has 0 atom stereocenters. The van der Waals surface area contributed by atoms with E-state index < -0.39 is 13.0 Å². The SMILES string of the molecule is CN(CC(F)F)c1ncc(Cl)cc1N. The summed E-state index contributed by atoms with van der Waals surface area (Å²) in [5, 5.41) is 0.386. The molecule has 0 saturated heterocycles. The van der Waals surface area contributed by atoms with Crippen LogP contribution in [0.5, 0.6) is 0 Å². The highest BCUT2D eigenvalue weighted by molar-refractivity contribution is 6.30. The number of alkyl halides is 2. The molecule has 0 aliphatic rings. The van der Waals surface area contributed by atoms with E-state index in [1.807, 2.05) is 0 Å². The monoisotopic (exact) mass is 221 g/mol. The number of aromatic nitrogens is 1. The van der Waals surface area contributed by atoms with E-state index in [9.17, 15) is 8.78 Å². The number of anilines is 2. The summed E-state index contributed by atoms with van der Waals surface area (Å²) in [6.07, 6.45) is -1.05. The molecule has 0 saturated carbocycles. The van der Waals surface area contributed by atoms with Gasteiger partial charge in [-0.15, -0.1) is 0 Å². The first-order chi connectivity index (χ1) is 6.50. The first-order valence-corrected chi connectivity index (χ1v) is 4.29. The molecule has 1 aromatic rings. The lowest BCUT2D eigenvalue weighted by Gasteiger charge is -2.18. The smallest absolute Gasteiger partial charge is 0.255 e. The fraction of sp³-hybridized carbons (Fsp3) is 0.375. The minimum Gasteiger partial charge on any atom is -0.396 e. The summed E-state index contributed by atoms with van der Waals surface area (Å²) in [6.45, 7) is -0.404. The van der Waals surface area contributed by atoms with Gasteiger partial charge in [-0.3, -0.25) is 0 Å². The average Bonchev–Trinajstić information content (AvgIpc) is 2.01. The maximum Gasteiger partial charge on any atom is 0.255 e. The van der Waals surface area contributed by atoms with Crippen LogP contribution in [0.4, 0.5) is 20.3 Å². The molecule has 0 radical (unpaired) electrons. The van der Waals surface area contributed by atoms with Crippen molar-refractivity contribution in [3.63, 3.8) is 0 Å². The van der Waals surface area contributed by atoms with E-state index in [2.05, 4.69) is 4.98 Å². The third-order valence-electron chi connectivity index (χ3n) is 1.64. The van der Waals surface area contributed by atoms with Crippen LogP contribution in [0, 0.1) is 0 Å². The highest BCUT2D eigenvalue weighted by Crippen LogP contribution is 2.22. The van der Waals surface area contributed by atoms with Crippen molar-refractivity contribution in [1.82, 2.24) is 4.98 Å². The predicted octanol–water partition coefficient (Wildman–Crippen LogP) is 2.02. The second-order valence-corrected chi connectivity index (χ2v) is 3.27. The van der Waals surface area contributed by atoms with E-state index in [-0.39, 0.29) is 0 Å². The molecule has 0 amide bonds. The Morgan fingerprint density at radius 3 is 2.79 bits per heavy atom. The standard InChI is InChI=1S/C8H10ClF2N3/c1-14(4-7(10)11)8-6(12)2-5(9)3-13-8/h2-3,7H,4,12H2,1H3. The van der Waals surface area contributed by atoms with Crippen molar-refractivity contribution < 1.29 is 8.78 Å². The molecular weight excluding hydrogens is 212 g/mol.